The van der Waals surface area contributed by atoms with Crippen molar-refractivity contribution in [2.75, 3.05) is 0 Å². The van der Waals surface area contributed by atoms with Gasteiger partial charge in [0.2, 0.25) is 5.92 Å². The Kier molecular flexibility index (Phi) is 5.62. The van der Waals surface area contributed by atoms with E-state index in [1.807, 2.05) is 13.8 Å². The Morgan fingerprint density at radius 2 is 1.70 bits per heavy atom. The topological polar surface area (TPSA) is 48.0 Å². The standard InChI is InChI=1S/C31H32F2N2O2/c1-19-29(20(2)37-34-19)24-6-9-26-27(23-4-7-25(8-5-23)30(14-15-30)21(3)36)18-35(28(26)16-24)17-22-10-12-31(32,33)13-11-22/h4-9,16,18,22H,10-15,17H2,1-3H3. The molecule has 6 heteroatoms. The fourth-order valence-electron chi connectivity index (χ4n) is 6.22. The van der Waals surface area contributed by atoms with Crippen molar-refractivity contribution < 1.29 is 18.1 Å². The zero-order valence-corrected chi connectivity index (χ0v) is 21.6. The van der Waals surface area contributed by atoms with Crippen LogP contribution >= 0.6 is 0 Å². The van der Waals surface area contributed by atoms with Crippen LogP contribution < -0.4 is 0 Å². The summed E-state index contributed by atoms with van der Waals surface area (Å²) in [6.07, 6.45) is 5.01. The van der Waals surface area contributed by atoms with E-state index in [1.54, 1.807) is 6.92 Å². The molecule has 4 nitrogen and oxygen atoms in total. The van der Waals surface area contributed by atoms with Gasteiger partial charge in [-0.1, -0.05) is 41.6 Å². The van der Waals surface area contributed by atoms with E-state index >= 15 is 0 Å². The first-order chi connectivity index (χ1) is 17.7. The lowest BCUT2D eigenvalue weighted by Gasteiger charge is -2.28. The van der Waals surface area contributed by atoms with Gasteiger partial charge in [-0.25, -0.2) is 8.78 Å². The molecule has 0 N–H and O–H groups in total. The van der Waals surface area contributed by atoms with Gasteiger partial charge in [-0.2, -0.15) is 0 Å². The van der Waals surface area contributed by atoms with Crippen molar-refractivity contribution in [1.82, 2.24) is 9.72 Å². The molecule has 2 fully saturated rings. The predicted octanol–water partition coefficient (Wildman–Crippen LogP) is 8.03. The van der Waals surface area contributed by atoms with E-state index in [-0.39, 0.29) is 30.0 Å². The average molecular weight is 503 g/mol. The number of hydrogen-bond acceptors (Lipinski definition) is 3. The second-order valence-electron chi connectivity index (χ2n) is 11.1. The summed E-state index contributed by atoms with van der Waals surface area (Å²) in [7, 11) is 0. The van der Waals surface area contributed by atoms with E-state index in [0.29, 0.717) is 19.4 Å². The summed E-state index contributed by atoms with van der Waals surface area (Å²) in [6.45, 7) is 6.26. The van der Waals surface area contributed by atoms with Gasteiger partial charge in [0.1, 0.15) is 11.5 Å². The van der Waals surface area contributed by atoms with Gasteiger partial charge in [0.15, 0.2) is 0 Å². The monoisotopic (exact) mass is 502 g/mol. The highest BCUT2D eigenvalue weighted by molar-refractivity contribution is 5.98. The van der Waals surface area contributed by atoms with Crippen LogP contribution in [0.1, 0.15) is 62.5 Å². The molecule has 2 saturated carbocycles. The second-order valence-corrected chi connectivity index (χ2v) is 11.1. The van der Waals surface area contributed by atoms with Crippen molar-refractivity contribution in [3.63, 3.8) is 0 Å². The third-order valence-electron chi connectivity index (χ3n) is 8.67. The molecule has 6 rings (SSSR count). The van der Waals surface area contributed by atoms with E-state index in [0.717, 1.165) is 63.0 Å². The summed E-state index contributed by atoms with van der Waals surface area (Å²) >= 11 is 0. The first kappa shape index (κ1) is 24.1. The number of alkyl halides is 2. The molecule has 0 bridgehead atoms. The minimum Gasteiger partial charge on any atom is -0.361 e. The number of carbonyl (C=O) groups is 1. The van der Waals surface area contributed by atoms with Gasteiger partial charge >= 0.3 is 0 Å². The van der Waals surface area contributed by atoms with Crippen LogP contribution in [0.3, 0.4) is 0 Å². The smallest absolute Gasteiger partial charge is 0.248 e. The summed E-state index contributed by atoms with van der Waals surface area (Å²) in [5.74, 6) is -1.29. The van der Waals surface area contributed by atoms with E-state index in [4.69, 9.17) is 4.52 Å². The summed E-state index contributed by atoms with van der Waals surface area (Å²) in [6, 6.07) is 14.8. The van der Waals surface area contributed by atoms with Gasteiger partial charge in [0, 0.05) is 47.6 Å². The zero-order chi connectivity index (χ0) is 25.9. The molecule has 2 aromatic heterocycles. The number of aryl methyl sites for hydroxylation is 2. The molecule has 0 saturated heterocycles. The largest absolute Gasteiger partial charge is 0.361 e. The second kappa shape index (κ2) is 8.64. The summed E-state index contributed by atoms with van der Waals surface area (Å²) < 4.78 is 35.3. The third kappa shape index (κ3) is 4.20. The summed E-state index contributed by atoms with van der Waals surface area (Å²) in [5.41, 5.74) is 6.97. The van der Waals surface area contributed by atoms with Crippen LogP contribution in [0, 0.1) is 19.8 Å². The minimum atomic E-state index is -2.53. The maximum atomic E-state index is 13.8. The molecular formula is C31H32F2N2O2. The molecule has 0 radical (unpaired) electrons. The average Bonchev–Trinajstić information content (AvgIpc) is 3.53. The zero-order valence-electron chi connectivity index (χ0n) is 21.6. The maximum Gasteiger partial charge on any atom is 0.248 e. The molecule has 2 aliphatic carbocycles. The lowest BCUT2D eigenvalue weighted by Crippen LogP contribution is -2.26. The normalized spacial score (nSPS) is 18.8. The molecule has 0 aliphatic heterocycles. The van der Waals surface area contributed by atoms with E-state index in [9.17, 15) is 13.6 Å². The van der Waals surface area contributed by atoms with Crippen molar-refractivity contribution in [1.29, 1.82) is 0 Å². The molecule has 0 unspecified atom stereocenters. The number of halogens is 2. The molecule has 0 amide bonds. The Bertz CT molecular complexity index is 1460. The lowest BCUT2D eigenvalue weighted by atomic mass is 9.87. The van der Waals surface area contributed by atoms with Crippen LogP contribution in [0.4, 0.5) is 8.78 Å². The van der Waals surface area contributed by atoms with Crippen LogP contribution in [0.5, 0.6) is 0 Å². The Morgan fingerprint density at radius 1 is 1.03 bits per heavy atom. The molecule has 192 valence electrons. The Morgan fingerprint density at radius 3 is 2.30 bits per heavy atom. The molecular weight excluding hydrogens is 470 g/mol. The number of nitrogens with zero attached hydrogens (tertiary/aromatic N) is 2. The molecule has 37 heavy (non-hydrogen) atoms. The quantitative estimate of drug-likeness (QED) is 0.268. The lowest BCUT2D eigenvalue weighted by molar-refractivity contribution is -0.119. The molecule has 2 heterocycles. The SMILES string of the molecule is CC(=O)C1(c2ccc(-c3cn(CC4CCC(F)(F)CC4)c4cc(-c5c(C)noc5C)ccc34)cc2)CC1. The molecule has 4 aromatic rings. The van der Waals surface area contributed by atoms with Gasteiger partial charge in [0.05, 0.1) is 11.1 Å². The van der Waals surface area contributed by atoms with Crippen molar-refractivity contribution in [2.24, 2.45) is 5.92 Å². The fraction of sp³-hybridized carbons (Fsp3) is 0.419. The molecule has 2 aliphatic rings. The number of benzene rings is 2. The maximum absolute atomic E-state index is 13.8. The van der Waals surface area contributed by atoms with Crippen LogP contribution in [0.2, 0.25) is 0 Å². The first-order valence-corrected chi connectivity index (χ1v) is 13.2. The van der Waals surface area contributed by atoms with E-state index in [1.165, 1.54) is 0 Å². The van der Waals surface area contributed by atoms with Crippen molar-refractivity contribution in [2.45, 2.75) is 77.2 Å². The van der Waals surface area contributed by atoms with Gasteiger partial charge in [-0.05, 0) is 75.1 Å². The van der Waals surface area contributed by atoms with E-state index in [2.05, 4.69) is 58.4 Å². The Hall–Kier alpha value is -3.28. The van der Waals surface area contributed by atoms with Crippen molar-refractivity contribution in [3.8, 4) is 22.3 Å². The van der Waals surface area contributed by atoms with Crippen LogP contribution in [-0.2, 0) is 16.8 Å². The van der Waals surface area contributed by atoms with Gasteiger partial charge < -0.3 is 9.09 Å². The summed E-state index contributed by atoms with van der Waals surface area (Å²) in [5, 5.41) is 5.25. The highest BCUT2D eigenvalue weighted by Crippen LogP contribution is 2.49. The third-order valence-corrected chi connectivity index (χ3v) is 8.67. The number of fused-ring (bicyclic) bond motifs is 1. The number of ketones is 1. The van der Waals surface area contributed by atoms with Crippen LogP contribution in [0.15, 0.2) is 53.2 Å². The van der Waals surface area contributed by atoms with E-state index < -0.39 is 5.92 Å². The minimum absolute atomic E-state index is 0.0343. The highest BCUT2D eigenvalue weighted by atomic mass is 19.3. The highest BCUT2D eigenvalue weighted by Gasteiger charge is 2.48. The Balaban J connectivity index is 1.41. The van der Waals surface area contributed by atoms with Crippen LogP contribution in [-0.4, -0.2) is 21.4 Å². The van der Waals surface area contributed by atoms with Gasteiger partial charge in [-0.15, -0.1) is 0 Å². The number of carbonyl (C=O) groups excluding carboxylic acids is 1. The molecule has 0 spiro atoms. The number of hydrogen-bond donors (Lipinski definition) is 0. The Labute approximate surface area is 215 Å². The predicted molar refractivity (Wildman–Crippen MR) is 141 cm³/mol. The van der Waals surface area contributed by atoms with Crippen molar-refractivity contribution in [3.05, 3.63) is 65.7 Å². The van der Waals surface area contributed by atoms with Crippen LogP contribution in [0.25, 0.3) is 33.2 Å². The number of rotatable bonds is 6. The van der Waals surface area contributed by atoms with Crippen molar-refractivity contribution >= 4 is 16.7 Å². The number of Topliss-reactive ketones (excluding diaryl/α,β-unsaturated/α-hetero) is 1. The van der Waals surface area contributed by atoms with Gasteiger partial charge in [0.25, 0.3) is 0 Å². The molecule has 2 aromatic carbocycles. The first-order valence-electron chi connectivity index (χ1n) is 13.2. The van der Waals surface area contributed by atoms with Gasteiger partial charge in [-0.3, -0.25) is 4.79 Å². The number of aromatic nitrogens is 2. The summed E-state index contributed by atoms with van der Waals surface area (Å²) in [4.78, 5) is 12.2. The fourth-order valence-corrected chi connectivity index (χ4v) is 6.22. The molecule has 0 atom stereocenters.